The van der Waals surface area contributed by atoms with Crippen molar-refractivity contribution in [2.24, 2.45) is 5.92 Å². The number of nitrogens with zero attached hydrogens (tertiary/aromatic N) is 5. The lowest BCUT2D eigenvalue weighted by molar-refractivity contribution is -0.127. The number of aromatic nitrogens is 4. The molecule has 0 saturated carbocycles. The normalized spacial score (nSPS) is 13.5. The molecule has 0 saturated heterocycles. The van der Waals surface area contributed by atoms with E-state index in [-0.39, 0.29) is 18.4 Å². The van der Waals surface area contributed by atoms with Gasteiger partial charge in [0.1, 0.15) is 18.1 Å². The fraction of sp³-hybridized carbons (Fsp3) is 0.345. The molecule has 0 unspecified atom stereocenters. The maximum absolute atomic E-state index is 14.1. The highest BCUT2D eigenvalue weighted by molar-refractivity contribution is 6.01. The SMILES string of the molecule is CC(C)CCNC(=O)[C@H](c1ccncc1)N(C(=O)Cn1nnc2ccccc21)c1ccc2c(c1)CCC2. The third-order valence-corrected chi connectivity index (χ3v) is 6.88. The minimum absolute atomic E-state index is 0.0432. The maximum atomic E-state index is 14.1. The summed E-state index contributed by atoms with van der Waals surface area (Å²) >= 11 is 0. The van der Waals surface area contributed by atoms with E-state index in [1.165, 1.54) is 11.1 Å². The Bertz CT molecular complexity index is 1400. The monoisotopic (exact) mass is 496 g/mol. The standard InChI is InChI=1S/C29H32N6O2/c1-20(2)12-17-31-29(37)28(22-13-15-30-16-14-22)35(24-11-10-21-6-5-7-23(21)18-24)27(36)19-34-26-9-4-3-8-25(26)32-33-34/h3-4,8-11,13-16,18,20,28H,5-7,12,17,19H2,1-2H3,(H,31,37)/t28-/m0/s1. The zero-order valence-corrected chi connectivity index (χ0v) is 21.3. The third kappa shape index (κ3) is 5.38. The molecule has 0 radical (unpaired) electrons. The van der Waals surface area contributed by atoms with Gasteiger partial charge in [0.25, 0.3) is 0 Å². The van der Waals surface area contributed by atoms with Gasteiger partial charge in [0.05, 0.1) is 5.52 Å². The fourth-order valence-electron chi connectivity index (χ4n) is 4.93. The van der Waals surface area contributed by atoms with Crippen molar-refractivity contribution in [2.45, 2.75) is 52.1 Å². The molecule has 37 heavy (non-hydrogen) atoms. The van der Waals surface area contributed by atoms with Crippen LogP contribution < -0.4 is 10.2 Å². The molecule has 8 heteroatoms. The molecular formula is C29H32N6O2. The molecule has 0 spiro atoms. The van der Waals surface area contributed by atoms with Crippen LogP contribution in [0.5, 0.6) is 0 Å². The van der Waals surface area contributed by atoms with Gasteiger partial charge >= 0.3 is 0 Å². The van der Waals surface area contributed by atoms with Gasteiger partial charge < -0.3 is 5.32 Å². The highest BCUT2D eigenvalue weighted by Crippen LogP contribution is 2.32. The molecule has 2 amide bonds. The van der Waals surface area contributed by atoms with Crippen molar-refractivity contribution >= 4 is 28.5 Å². The van der Waals surface area contributed by atoms with Gasteiger partial charge in [-0.3, -0.25) is 19.5 Å². The highest BCUT2D eigenvalue weighted by atomic mass is 16.2. The lowest BCUT2D eigenvalue weighted by atomic mass is 10.0. The Morgan fingerprint density at radius 3 is 2.62 bits per heavy atom. The van der Waals surface area contributed by atoms with Gasteiger partial charge in [-0.15, -0.1) is 5.10 Å². The van der Waals surface area contributed by atoms with Crippen molar-refractivity contribution in [1.29, 1.82) is 0 Å². The molecule has 1 aliphatic carbocycles. The Labute approximate surface area is 216 Å². The van der Waals surface area contributed by atoms with Gasteiger partial charge in [0.2, 0.25) is 11.8 Å². The third-order valence-electron chi connectivity index (χ3n) is 6.88. The second-order valence-electron chi connectivity index (χ2n) is 9.96. The van der Waals surface area contributed by atoms with Crippen LogP contribution in [0, 0.1) is 5.92 Å². The number of carbonyl (C=O) groups is 2. The Morgan fingerprint density at radius 1 is 1.03 bits per heavy atom. The van der Waals surface area contributed by atoms with Crippen molar-refractivity contribution in [1.82, 2.24) is 25.3 Å². The van der Waals surface area contributed by atoms with Crippen LogP contribution in [0.1, 0.15) is 49.4 Å². The number of hydrogen-bond donors (Lipinski definition) is 1. The summed E-state index contributed by atoms with van der Waals surface area (Å²) in [7, 11) is 0. The van der Waals surface area contributed by atoms with Crippen LogP contribution in [0.2, 0.25) is 0 Å². The number of aryl methyl sites for hydroxylation is 2. The number of amides is 2. The van der Waals surface area contributed by atoms with Gasteiger partial charge in [0, 0.05) is 24.6 Å². The lowest BCUT2D eigenvalue weighted by Gasteiger charge is -2.32. The average Bonchev–Trinajstić information content (AvgIpc) is 3.54. The predicted octanol–water partition coefficient (Wildman–Crippen LogP) is 4.25. The first-order valence-corrected chi connectivity index (χ1v) is 12.9. The molecule has 2 aromatic carbocycles. The van der Waals surface area contributed by atoms with Gasteiger partial charge in [-0.05, 0) is 84.7 Å². The van der Waals surface area contributed by atoms with E-state index in [0.717, 1.165) is 36.7 Å². The van der Waals surface area contributed by atoms with Crippen molar-refractivity contribution in [2.75, 3.05) is 11.4 Å². The first-order chi connectivity index (χ1) is 18.0. The van der Waals surface area contributed by atoms with E-state index < -0.39 is 6.04 Å². The van der Waals surface area contributed by atoms with E-state index in [1.54, 1.807) is 34.1 Å². The molecule has 8 nitrogen and oxygen atoms in total. The Morgan fingerprint density at radius 2 is 1.81 bits per heavy atom. The number of pyridine rings is 1. The minimum Gasteiger partial charge on any atom is -0.354 e. The number of hydrogen-bond acceptors (Lipinski definition) is 5. The van der Waals surface area contributed by atoms with E-state index in [0.29, 0.717) is 23.7 Å². The molecule has 190 valence electrons. The van der Waals surface area contributed by atoms with E-state index in [2.05, 4.69) is 46.6 Å². The van der Waals surface area contributed by atoms with Crippen molar-refractivity contribution in [3.05, 3.63) is 83.7 Å². The number of nitrogens with one attached hydrogen (secondary N) is 1. The molecule has 2 aromatic heterocycles. The van der Waals surface area contributed by atoms with Gasteiger partial charge in [-0.25, -0.2) is 4.68 Å². The summed E-state index contributed by atoms with van der Waals surface area (Å²) in [6.07, 6.45) is 7.27. The van der Waals surface area contributed by atoms with Crippen LogP contribution >= 0.6 is 0 Å². The Hall–Kier alpha value is -4.07. The maximum Gasteiger partial charge on any atom is 0.249 e. The second kappa shape index (κ2) is 10.9. The largest absolute Gasteiger partial charge is 0.354 e. The molecule has 0 bridgehead atoms. The number of rotatable bonds is 9. The Balaban J connectivity index is 1.55. The average molecular weight is 497 g/mol. The molecule has 0 fully saturated rings. The molecular weight excluding hydrogens is 464 g/mol. The first kappa shape index (κ1) is 24.6. The van der Waals surface area contributed by atoms with Crippen LogP contribution in [-0.4, -0.2) is 38.3 Å². The quantitative estimate of drug-likeness (QED) is 0.374. The van der Waals surface area contributed by atoms with E-state index >= 15 is 0 Å². The molecule has 1 aliphatic rings. The summed E-state index contributed by atoms with van der Waals surface area (Å²) in [4.78, 5) is 33.6. The van der Waals surface area contributed by atoms with Gasteiger partial charge in [0.15, 0.2) is 0 Å². The summed E-state index contributed by atoms with van der Waals surface area (Å²) in [5.41, 5.74) is 5.43. The summed E-state index contributed by atoms with van der Waals surface area (Å²) in [5.74, 6) is -0.00622. The van der Waals surface area contributed by atoms with E-state index in [4.69, 9.17) is 0 Å². The minimum atomic E-state index is -0.850. The van der Waals surface area contributed by atoms with Gasteiger partial charge in [-0.2, -0.15) is 0 Å². The van der Waals surface area contributed by atoms with Crippen LogP contribution in [0.3, 0.4) is 0 Å². The molecule has 1 atom stereocenters. The topological polar surface area (TPSA) is 93.0 Å². The molecule has 4 aromatic rings. The molecule has 0 aliphatic heterocycles. The van der Waals surface area contributed by atoms with Crippen molar-refractivity contribution in [3.8, 4) is 0 Å². The first-order valence-electron chi connectivity index (χ1n) is 12.9. The van der Waals surface area contributed by atoms with Crippen LogP contribution in [-0.2, 0) is 29.0 Å². The fourth-order valence-corrected chi connectivity index (χ4v) is 4.93. The number of carbonyl (C=O) groups excluding carboxylic acids is 2. The summed E-state index contributed by atoms with van der Waals surface area (Å²) < 4.78 is 1.60. The zero-order valence-electron chi connectivity index (χ0n) is 21.3. The van der Waals surface area contributed by atoms with Crippen LogP contribution in [0.15, 0.2) is 67.0 Å². The van der Waals surface area contributed by atoms with Gasteiger partial charge in [-0.1, -0.05) is 37.3 Å². The predicted molar refractivity (Wildman–Crippen MR) is 143 cm³/mol. The Kier molecular flexibility index (Phi) is 7.25. The van der Waals surface area contributed by atoms with Crippen LogP contribution in [0.25, 0.3) is 11.0 Å². The molecule has 1 N–H and O–H groups in total. The smallest absolute Gasteiger partial charge is 0.249 e. The zero-order chi connectivity index (χ0) is 25.8. The lowest BCUT2D eigenvalue weighted by Crippen LogP contribution is -2.45. The summed E-state index contributed by atoms with van der Waals surface area (Å²) in [5, 5.41) is 11.5. The number of fused-ring (bicyclic) bond motifs is 2. The highest BCUT2D eigenvalue weighted by Gasteiger charge is 2.33. The molecule has 5 rings (SSSR count). The van der Waals surface area contributed by atoms with E-state index in [1.807, 2.05) is 30.3 Å². The summed E-state index contributed by atoms with van der Waals surface area (Å²) in [6, 6.07) is 16.4. The number of anilines is 1. The second-order valence-corrected chi connectivity index (χ2v) is 9.96. The summed E-state index contributed by atoms with van der Waals surface area (Å²) in [6.45, 7) is 4.74. The van der Waals surface area contributed by atoms with Crippen molar-refractivity contribution in [3.63, 3.8) is 0 Å². The molecule has 2 heterocycles. The van der Waals surface area contributed by atoms with Crippen LogP contribution in [0.4, 0.5) is 5.69 Å². The van der Waals surface area contributed by atoms with Crippen molar-refractivity contribution < 1.29 is 9.59 Å². The van der Waals surface area contributed by atoms with E-state index in [9.17, 15) is 9.59 Å². The number of benzene rings is 2. The number of para-hydroxylation sites is 1.